The van der Waals surface area contributed by atoms with Crippen LogP contribution >= 0.6 is 0 Å². The number of rotatable bonds is 8. The Balaban J connectivity index is 2.34. The van der Waals surface area contributed by atoms with Crippen LogP contribution in [0.25, 0.3) is 0 Å². The number of hydrogen-bond donors (Lipinski definition) is 2. The van der Waals surface area contributed by atoms with Gasteiger partial charge in [-0.15, -0.1) is 0 Å². The molecule has 0 aliphatic carbocycles. The highest BCUT2D eigenvalue weighted by atomic mass is 16.3. The molecule has 2 N–H and O–H groups in total. The second-order valence-electron chi connectivity index (χ2n) is 5.45. The van der Waals surface area contributed by atoms with Gasteiger partial charge in [0, 0.05) is 18.7 Å². The van der Waals surface area contributed by atoms with E-state index in [0.717, 1.165) is 19.3 Å². The average Bonchev–Trinajstić information content (AvgIpc) is 2.37. The first-order valence-electron chi connectivity index (χ1n) is 7.04. The molecule has 2 nitrogen and oxygen atoms in total. The summed E-state index contributed by atoms with van der Waals surface area (Å²) < 4.78 is 0. The first kappa shape index (κ1) is 15.2. The third kappa shape index (κ3) is 5.65. The number of aliphatic hydroxyl groups is 1. The molecule has 1 aromatic rings. The summed E-state index contributed by atoms with van der Waals surface area (Å²) in [7, 11) is 0. The van der Waals surface area contributed by atoms with Gasteiger partial charge >= 0.3 is 0 Å². The molecular formula is C16H27NO. The van der Waals surface area contributed by atoms with Crippen LogP contribution in [0.15, 0.2) is 30.3 Å². The van der Waals surface area contributed by atoms with Gasteiger partial charge in [-0.25, -0.2) is 0 Å². The molecule has 0 spiro atoms. The summed E-state index contributed by atoms with van der Waals surface area (Å²) in [5.41, 5.74) is 1.40. The smallest absolute Gasteiger partial charge is 0.0445 e. The molecule has 2 unspecified atom stereocenters. The van der Waals surface area contributed by atoms with Crippen LogP contribution in [0, 0.1) is 5.92 Å². The standard InChI is InChI=1S/C16H27NO/c1-13(2)16(11-12-18)17-14(3)9-10-15-7-5-4-6-8-15/h4-8,13-14,16-18H,9-12H2,1-3H3. The summed E-state index contributed by atoms with van der Waals surface area (Å²) in [6.07, 6.45) is 3.09. The fourth-order valence-electron chi connectivity index (χ4n) is 2.22. The largest absolute Gasteiger partial charge is 0.396 e. The maximum Gasteiger partial charge on any atom is 0.0445 e. The third-order valence-electron chi connectivity index (χ3n) is 3.45. The minimum atomic E-state index is 0.265. The summed E-state index contributed by atoms with van der Waals surface area (Å²) in [6, 6.07) is 11.5. The fraction of sp³-hybridized carbons (Fsp3) is 0.625. The van der Waals surface area contributed by atoms with Gasteiger partial charge in [0.1, 0.15) is 0 Å². The Kier molecular flexibility index (Phi) is 6.99. The van der Waals surface area contributed by atoms with E-state index < -0.39 is 0 Å². The van der Waals surface area contributed by atoms with Gasteiger partial charge in [0.2, 0.25) is 0 Å². The molecule has 18 heavy (non-hydrogen) atoms. The summed E-state index contributed by atoms with van der Waals surface area (Å²) in [5.74, 6) is 0.566. The van der Waals surface area contributed by atoms with Crippen LogP contribution in [0.3, 0.4) is 0 Å². The second-order valence-corrected chi connectivity index (χ2v) is 5.45. The Morgan fingerprint density at radius 3 is 2.28 bits per heavy atom. The summed E-state index contributed by atoms with van der Waals surface area (Å²) in [5, 5.41) is 12.7. The molecule has 0 saturated heterocycles. The molecule has 0 fully saturated rings. The lowest BCUT2D eigenvalue weighted by Crippen LogP contribution is -2.40. The van der Waals surface area contributed by atoms with Gasteiger partial charge in [-0.1, -0.05) is 44.2 Å². The van der Waals surface area contributed by atoms with Gasteiger partial charge in [-0.3, -0.25) is 0 Å². The molecule has 0 aromatic heterocycles. The first-order chi connectivity index (χ1) is 8.63. The molecule has 2 atom stereocenters. The van der Waals surface area contributed by atoms with Crippen LogP contribution in [0.2, 0.25) is 0 Å². The molecule has 0 radical (unpaired) electrons. The van der Waals surface area contributed by atoms with Crippen molar-refractivity contribution in [3.8, 4) is 0 Å². The van der Waals surface area contributed by atoms with Crippen molar-refractivity contribution in [2.24, 2.45) is 5.92 Å². The lowest BCUT2D eigenvalue weighted by molar-refractivity contribution is 0.235. The Labute approximate surface area is 111 Å². The van der Waals surface area contributed by atoms with E-state index in [1.165, 1.54) is 5.56 Å². The Morgan fingerprint density at radius 1 is 1.06 bits per heavy atom. The molecule has 0 saturated carbocycles. The second kappa shape index (κ2) is 8.28. The van der Waals surface area contributed by atoms with Gasteiger partial charge in [-0.2, -0.15) is 0 Å². The molecular weight excluding hydrogens is 222 g/mol. The van der Waals surface area contributed by atoms with Gasteiger partial charge in [0.25, 0.3) is 0 Å². The van der Waals surface area contributed by atoms with E-state index in [4.69, 9.17) is 5.11 Å². The Hall–Kier alpha value is -0.860. The topological polar surface area (TPSA) is 32.3 Å². The maximum atomic E-state index is 9.07. The monoisotopic (exact) mass is 249 g/mol. The van der Waals surface area contributed by atoms with Gasteiger partial charge in [-0.05, 0) is 37.7 Å². The van der Waals surface area contributed by atoms with E-state index in [2.05, 4.69) is 56.4 Å². The Bertz CT molecular complexity index is 310. The third-order valence-corrected chi connectivity index (χ3v) is 3.45. The van der Waals surface area contributed by atoms with Crippen molar-refractivity contribution in [2.75, 3.05) is 6.61 Å². The van der Waals surface area contributed by atoms with Crippen molar-refractivity contribution in [3.05, 3.63) is 35.9 Å². The van der Waals surface area contributed by atoms with Crippen LogP contribution in [0.1, 0.15) is 39.2 Å². The number of hydrogen-bond acceptors (Lipinski definition) is 2. The molecule has 0 aliphatic rings. The van der Waals surface area contributed by atoms with Crippen LogP contribution in [-0.4, -0.2) is 23.8 Å². The predicted octanol–water partition coefficient (Wildman–Crippen LogP) is 3.00. The van der Waals surface area contributed by atoms with Crippen LogP contribution < -0.4 is 5.32 Å². The summed E-state index contributed by atoms with van der Waals surface area (Å²) >= 11 is 0. The quantitative estimate of drug-likeness (QED) is 0.742. The minimum Gasteiger partial charge on any atom is -0.396 e. The lowest BCUT2D eigenvalue weighted by atomic mass is 9.99. The van der Waals surface area contributed by atoms with E-state index >= 15 is 0 Å². The van der Waals surface area contributed by atoms with Crippen LogP contribution in [-0.2, 0) is 6.42 Å². The number of benzene rings is 1. The molecule has 2 heteroatoms. The molecule has 0 heterocycles. The lowest BCUT2D eigenvalue weighted by Gasteiger charge is -2.26. The van der Waals surface area contributed by atoms with Gasteiger partial charge < -0.3 is 10.4 Å². The van der Waals surface area contributed by atoms with Crippen molar-refractivity contribution >= 4 is 0 Å². The maximum absolute atomic E-state index is 9.07. The average molecular weight is 249 g/mol. The van der Waals surface area contributed by atoms with E-state index in [1.807, 2.05) is 0 Å². The number of nitrogens with one attached hydrogen (secondary N) is 1. The Morgan fingerprint density at radius 2 is 1.72 bits per heavy atom. The highest BCUT2D eigenvalue weighted by Crippen LogP contribution is 2.10. The first-order valence-corrected chi connectivity index (χ1v) is 7.04. The van der Waals surface area contributed by atoms with E-state index in [-0.39, 0.29) is 6.61 Å². The minimum absolute atomic E-state index is 0.265. The van der Waals surface area contributed by atoms with Crippen molar-refractivity contribution < 1.29 is 5.11 Å². The summed E-state index contributed by atoms with van der Waals surface area (Å²) in [4.78, 5) is 0. The normalized spacial score (nSPS) is 14.7. The van der Waals surface area contributed by atoms with Crippen LogP contribution in [0.4, 0.5) is 0 Å². The zero-order valence-corrected chi connectivity index (χ0v) is 11.9. The molecule has 0 aliphatic heterocycles. The molecule has 1 rings (SSSR count). The molecule has 0 bridgehead atoms. The van der Waals surface area contributed by atoms with Crippen LogP contribution in [0.5, 0.6) is 0 Å². The van der Waals surface area contributed by atoms with Crippen molar-refractivity contribution in [1.29, 1.82) is 0 Å². The van der Waals surface area contributed by atoms with Gasteiger partial charge in [0.05, 0.1) is 0 Å². The molecule has 1 aromatic carbocycles. The van der Waals surface area contributed by atoms with E-state index in [0.29, 0.717) is 18.0 Å². The van der Waals surface area contributed by atoms with Gasteiger partial charge in [0.15, 0.2) is 0 Å². The molecule has 0 amide bonds. The molecule has 102 valence electrons. The highest BCUT2D eigenvalue weighted by molar-refractivity contribution is 5.14. The van der Waals surface area contributed by atoms with E-state index in [9.17, 15) is 0 Å². The van der Waals surface area contributed by atoms with Crippen molar-refractivity contribution in [3.63, 3.8) is 0 Å². The summed E-state index contributed by atoms with van der Waals surface area (Å²) in [6.45, 7) is 6.91. The highest BCUT2D eigenvalue weighted by Gasteiger charge is 2.14. The zero-order valence-electron chi connectivity index (χ0n) is 11.9. The number of aliphatic hydroxyl groups excluding tert-OH is 1. The van der Waals surface area contributed by atoms with Crippen molar-refractivity contribution in [2.45, 2.75) is 52.1 Å². The van der Waals surface area contributed by atoms with E-state index in [1.54, 1.807) is 0 Å². The number of aryl methyl sites for hydroxylation is 1. The SMILES string of the molecule is CC(CCc1ccccc1)NC(CCO)C(C)C. The van der Waals surface area contributed by atoms with Crippen molar-refractivity contribution in [1.82, 2.24) is 5.32 Å². The zero-order chi connectivity index (χ0) is 13.4. The predicted molar refractivity (Wildman–Crippen MR) is 77.7 cm³/mol. The fourth-order valence-corrected chi connectivity index (χ4v) is 2.22.